The van der Waals surface area contributed by atoms with Gasteiger partial charge in [0.1, 0.15) is 36.9 Å². The zero-order valence-corrected chi connectivity index (χ0v) is 18.8. The van der Waals surface area contributed by atoms with Gasteiger partial charge < -0.3 is 24.3 Å². The zero-order valence-electron chi connectivity index (χ0n) is 18.8. The summed E-state index contributed by atoms with van der Waals surface area (Å²) in [4.78, 5) is 37.3. The van der Waals surface area contributed by atoms with Crippen LogP contribution in [0.5, 0.6) is 5.75 Å². The normalized spacial score (nSPS) is 22.3. The summed E-state index contributed by atoms with van der Waals surface area (Å²) in [5.74, 6) is -0.278. The Kier molecular flexibility index (Phi) is 7.47. The molecule has 1 saturated carbocycles. The molecule has 0 saturated heterocycles. The SMILES string of the molecule is CC(NC(=O)OCc1ccccc1)C(=O)OC1CCC2C(=O)C(Oc3ccccc3)=COC2C1. The van der Waals surface area contributed by atoms with Gasteiger partial charge in [-0.15, -0.1) is 0 Å². The van der Waals surface area contributed by atoms with Gasteiger partial charge in [-0.3, -0.25) is 4.79 Å². The molecular weight excluding hydrogens is 438 g/mol. The standard InChI is InChI=1S/C26H27NO7/c1-17(27-26(30)32-15-18-8-4-2-5-9-18)25(29)34-20-12-13-21-22(14-20)31-16-23(24(21)28)33-19-10-6-3-7-11-19/h2-11,16-17,20-22H,12-15H2,1H3,(H,27,30). The highest BCUT2D eigenvalue weighted by Gasteiger charge is 2.42. The van der Waals surface area contributed by atoms with Crippen LogP contribution >= 0.6 is 0 Å². The molecule has 2 aromatic rings. The minimum absolute atomic E-state index is 0.106. The van der Waals surface area contributed by atoms with E-state index in [-0.39, 0.29) is 30.2 Å². The lowest BCUT2D eigenvalue weighted by Gasteiger charge is -2.37. The number of benzene rings is 2. The van der Waals surface area contributed by atoms with Crippen molar-refractivity contribution in [2.75, 3.05) is 0 Å². The largest absolute Gasteiger partial charge is 0.493 e. The monoisotopic (exact) mass is 465 g/mol. The van der Waals surface area contributed by atoms with Gasteiger partial charge in [0, 0.05) is 6.42 Å². The van der Waals surface area contributed by atoms with E-state index < -0.39 is 24.2 Å². The molecule has 1 fully saturated rings. The first-order chi connectivity index (χ1) is 16.5. The molecule has 1 amide bonds. The number of carbonyl (C=O) groups excluding carboxylic acids is 3. The molecule has 1 N–H and O–H groups in total. The Morgan fingerprint density at radius 3 is 2.50 bits per heavy atom. The second-order valence-corrected chi connectivity index (χ2v) is 8.34. The fourth-order valence-corrected chi connectivity index (χ4v) is 4.00. The van der Waals surface area contributed by atoms with E-state index in [1.807, 2.05) is 48.5 Å². The highest BCUT2D eigenvalue weighted by atomic mass is 16.6. The summed E-state index contributed by atoms with van der Waals surface area (Å²) in [5.41, 5.74) is 0.845. The Balaban J connectivity index is 1.23. The van der Waals surface area contributed by atoms with Crippen molar-refractivity contribution in [3.05, 3.63) is 78.2 Å². The van der Waals surface area contributed by atoms with Crippen molar-refractivity contribution in [3.8, 4) is 5.75 Å². The average molecular weight is 466 g/mol. The Hall–Kier alpha value is -3.81. The molecule has 2 aromatic carbocycles. The molecule has 2 aliphatic rings. The fraction of sp³-hybridized carbons (Fsp3) is 0.346. The van der Waals surface area contributed by atoms with E-state index in [4.69, 9.17) is 18.9 Å². The van der Waals surface area contributed by atoms with E-state index in [1.165, 1.54) is 13.2 Å². The number of allylic oxidation sites excluding steroid dienone is 1. The Bertz CT molecular complexity index is 1040. The molecule has 178 valence electrons. The Morgan fingerprint density at radius 1 is 1.06 bits per heavy atom. The molecule has 34 heavy (non-hydrogen) atoms. The van der Waals surface area contributed by atoms with Crippen LogP contribution in [0.2, 0.25) is 0 Å². The minimum Gasteiger partial charge on any atom is -0.493 e. The fourth-order valence-electron chi connectivity index (χ4n) is 4.00. The number of ketones is 1. The molecular formula is C26H27NO7. The molecule has 8 heteroatoms. The lowest BCUT2D eigenvalue weighted by atomic mass is 9.80. The summed E-state index contributed by atoms with van der Waals surface area (Å²) >= 11 is 0. The van der Waals surface area contributed by atoms with Crippen LogP contribution in [-0.2, 0) is 30.4 Å². The topological polar surface area (TPSA) is 100 Å². The first-order valence-corrected chi connectivity index (χ1v) is 11.3. The van der Waals surface area contributed by atoms with E-state index in [2.05, 4.69) is 5.32 Å². The lowest BCUT2D eigenvalue weighted by Crippen LogP contribution is -2.45. The van der Waals surface area contributed by atoms with Crippen molar-refractivity contribution in [3.63, 3.8) is 0 Å². The molecule has 4 unspecified atom stereocenters. The smallest absolute Gasteiger partial charge is 0.408 e. The van der Waals surface area contributed by atoms with Gasteiger partial charge in [0.05, 0.1) is 5.92 Å². The van der Waals surface area contributed by atoms with Crippen molar-refractivity contribution in [1.29, 1.82) is 0 Å². The van der Waals surface area contributed by atoms with Gasteiger partial charge in [0.15, 0.2) is 0 Å². The van der Waals surface area contributed by atoms with Crippen LogP contribution in [0.4, 0.5) is 4.79 Å². The minimum atomic E-state index is -0.874. The molecule has 4 atom stereocenters. The van der Waals surface area contributed by atoms with E-state index in [9.17, 15) is 14.4 Å². The summed E-state index contributed by atoms with van der Waals surface area (Å²) < 4.78 is 22.1. The predicted molar refractivity (Wildman–Crippen MR) is 121 cm³/mol. The number of ether oxygens (including phenoxy) is 4. The number of Topliss-reactive ketones (excluding diaryl/α,β-unsaturated/α-hetero) is 1. The molecule has 1 aliphatic carbocycles. The number of fused-ring (bicyclic) bond motifs is 1. The van der Waals surface area contributed by atoms with Crippen LogP contribution in [0.1, 0.15) is 31.7 Å². The second-order valence-electron chi connectivity index (χ2n) is 8.34. The highest BCUT2D eigenvalue weighted by molar-refractivity contribution is 5.96. The van der Waals surface area contributed by atoms with Gasteiger partial charge in [-0.25, -0.2) is 9.59 Å². The van der Waals surface area contributed by atoms with Gasteiger partial charge in [-0.2, -0.15) is 0 Å². The molecule has 1 heterocycles. The quantitative estimate of drug-likeness (QED) is 0.619. The highest BCUT2D eigenvalue weighted by Crippen LogP contribution is 2.35. The van der Waals surface area contributed by atoms with Crippen LogP contribution in [0.25, 0.3) is 0 Å². The van der Waals surface area contributed by atoms with Gasteiger partial charge in [0.2, 0.25) is 11.5 Å². The number of para-hydroxylation sites is 1. The van der Waals surface area contributed by atoms with Crippen molar-refractivity contribution in [2.24, 2.45) is 5.92 Å². The van der Waals surface area contributed by atoms with Crippen molar-refractivity contribution in [2.45, 2.75) is 51.0 Å². The number of amides is 1. The molecule has 1 aliphatic heterocycles. The van der Waals surface area contributed by atoms with Crippen LogP contribution in [0.15, 0.2) is 72.7 Å². The first kappa shape index (κ1) is 23.4. The molecule has 0 bridgehead atoms. The Labute approximate surface area is 197 Å². The third kappa shape index (κ3) is 5.95. The van der Waals surface area contributed by atoms with Crippen LogP contribution in [0, 0.1) is 5.92 Å². The summed E-state index contributed by atoms with van der Waals surface area (Å²) in [6.07, 6.45) is 1.27. The maximum atomic E-state index is 12.8. The Morgan fingerprint density at radius 2 is 1.76 bits per heavy atom. The second kappa shape index (κ2) is 10.9. The van der Waals surface area contributed by atoms with Gasteiger partial charge in [-0.1, -0.05) is 48.5 Å². The number of hydrogen-bond donors (Lipinski definition) is 1. The van der Waals surface area contributed by atoms with E-state index in [0.29, 0.717) is 25.0 Å². The molecule has 0 radical (unpaired) electrons. The number of esters is 1. The summed E-state index contributed by atoms with van der Waals surface area (Å²) in [6, 6.07) is 17.4. The molecule has 4 rings (SSSR count). The number of nitrogens with one attached hydrogen (secondary N) is 1. The summed E-state index contributed by atoms with van der Waals surface area (Å²) in [7, 11) is 0. The number of alkyl carbamates (subject to hydrolysis) is 1. The molecule has 0 spiro atoms. The van der Waals surface area contributed by atoms with Crippen molar-refractivity contribution >= 4 is 17.8 Å². The van der Waals surface area contributed by atoms with Crippen LogP contribution in [0.3, 0.4) is 0 Å². The van der Waals surface area contributed by atoms with Gasteiger partial charge in [-0.05, 0) is 37.5 Å². The summed E-state index contributed by atoms with van der Waals surface area (Å²) in [6.45, 7) is 1.64. The predicted octanol–water partition coefficient (Wildman–Crippen LogP) is 3.90. The zero-order chi connectivity index (χ0) is 23.9. The summed E-state index contributed by atoms with van der Waals surface area (Å²) in [5, 5.41) is 2.48. The maximum absolute atomic E-state index is 12.8. The van der Waals surface area contributed by atoms with Crippen LogP contribution < -0.4 is 10.1 Å². The third-order valence-electron chi connectivity index (χ3n) is 5.83. The average Bonchev–Trinajstić information content (AvgIpc) is 2.86. The van der Waals surface area contributed by atoms with E-state index in [1.54, 1.807) is 12.1 Å². The maximum Gasteiger partial charge on any atom is 0.408 e. The first-order valence-electron chi connectivity index (χ1n) is 11.3. The number of rotatable bonds is 7. The van der Waals surface area contributed by atoms with Gasteiger partial charge >= 0.3 is 12.1 Å². The van der Waals surface area contributed by atoms with E-state index in [0.717, 1.165) is 5.56 Å². The van der Waals surface area contributed by atoms with Crippen molar-refractivity contribution < 1.29 is 33.3 Å². The van der Waals surface area contributed by atoms with Crippen molar-refractivity contribution in [1.82, 2.24) is 5.32 Å². The number of hydrogen-bond acceptors (Lipinski definition) is 7. The van der Waals surface area contributed by atoms with Crippen LogP contribution in [-0.4, -0.2) is 36.1 Å². The molecule has 0 aromatic heterocycles. The third-order valence-corrected chi connectivity index (χ3v) is 5.83. The number of carbonyl (C=O) groups is 3. The lowest BCUT2D eigenvalue weighted by molar-refractivity contribution is -0.157. The van der Waals surface area contributed by atoms with E-state index >= 15 is 0 Å². The molecule has 8 nitrogen and oxygen atoms in total. The van der Waals surface area contributed by atoms with Gasteiger partial charge in [0.25, 0.3) is 0 Å².